The first-order valence-electron chi connectivity index (χ1n) is 9.66. The first-order valence-corrected chi connectivity index (χ1v) is 10.5. The topological polar surface area (TPSA) is 84.8 Å². The van der Waals surface area contributed by atoms with Gasteiger partial charge in [-0.2, -0.15) is 0 Å². The highest BCUT2D eigenvalue weighted by atomic mass is 32.2. The molecule has 0 bridgehead atoms. The molecular formula is C22H25N3O3S. The van der Waals surface area contributed by atoms with Gasteiger partial charge in [-0.15, -0.1) is 0 Å². The summed E-state index contributed by atoms with van der Waals surface area (Å²) in [5, 5.41) is 0.637. The number of Topliss-reactive ketones (excluding diaryl/α,β-unsaturated/α-hetero) is 2. The number of carbonyl (C=O) groups excluding carboxylic acids is 2. The van der Waals surface area contributed by atoms with E-state index in [9.17, 15) is 14.4 Å². The minimum atomic E-state index is -0.470. The fourth-order valence-electron chi connectivity index (χ4n) is 3.60. The summed E-state index contributed by atoms with van der Waals surface area (Å²) >= 11 is 1.27. The Kier molecular flexibility index (Phi) is 6.07. The third-order valence-corrected chi connectivity index (χ3v) is 6.05. The van der Waals surface area contributed by atoms with Crippen LogP contribution in [0.5, 0.6) is 0 Å². The second kappa shape index (κ2) is 8.37. The molecule has 0 aliphatic rings. The summed E-state index contributed by atoms with van der Waals surface area (Å²) in [6.07, 6.45) is 0.784. The van der Waals surface area contributed by atoms with E-state index < -0.39 is 5.25 Å². The standard InChI is InChI=1S/C22H25N3O3S/c1-6-11-25-21(28)16-9-7-8-10-17(16)24-22(25)29-15(5)20(27)19-12(2)18(14(4)26)13(3)23-19/h7-10,15,23H,6,11H2,1-5H3/t15-/m0/s1. The van der Waals surface area contributed by atoms with Crippen molar-refractivity contribution in [2.75, 3.05) is 0 Å². The summed E-state index contributed by atoms with van der Waals surface area (Å²) < 4.78 is 1.64. The molecule has 0 aliphatic carbocycles. The van der Waals surface area contributed by atoms with Crippen molar-refractivity contribution in [2.45, 2.75) is 58.0 Å². The van der Waals surface area contributed by atoms with E-state index in [0.717, 1.165) is 6.42 Å². The van der Waals surface area contributed by atoms with Gasteiger partial charge in [0.05, 0.1) is 21.8 Å². The smallest absolute Gasteiger partial charge is 0.262 e. The van der Waals surface area contributed by atoms with Crippen molar-refractivity contribution in [1.29, 1.82) is 0 Å². The maximum absolute atomic E-state index is 13.1. The van der Waals surface area contributed by atoms with Crippen LogP contribution in [0.4, 0.5) is 0 Å². The molecule has 29 heavy (non-hydrogen) atoms. The van der Waals surface area contributed by atoms with E-state index in [-0.39, 0.29) is 17.1 Å². The minimum absolute atomic E-state index is 0.0661. The van der Waals surface area contributed by atoms with Crippen LogP contribution in [0.1, 0.15) is 59.3 Å². The summed E-state index contributed by atoms with van der Waals surface area (Å²) in [7, 11) is 0. The lowest BCUT2D eigenvalue weighted by Gasteiger charge is -2.15. The van der Waals surface area contributed by atoms with Gasteiger partial charge in [0.2, 0.25) is 0 Å². The van der Waals surface area contributed by atoms with Gasteiger partial charge in [0.1, 0.15) is 0 Å². The molecule has 0 fully saturated rings. The summed E-state index contributed by atoms with van der Waals surface area (Å²) in [6.45, 7) is 9.41. The molecule has 2 heterocycles. The normalized spacial score (nSPS) is 12.3. The van der Waals surface area contributed by atoms with E-state index in [0.29, 0.717) is 45.1 Å². The van der Waals surface area contributed by atoms with Crippen molar-refractivity contribution in [1.82, 2.24) is 14.5 Å². The summed E-state index contributed by atoms with van der Waals surface area (Å²) in [6, 6.07) is 7.25. The molecule has 2 aromatic heterocycles. The summed E-state index contributed by atoms with van der Waals surface area (Å²) in [4.78, 5) is 45.6. The van der Waals surface area contributed by atoms with Gasteiger partial charge in [-0.3, -0.25) is 19.0 Å². The number of thioether (sulfide) groups is 1. The Balaban J connectivity index is 1.99. The highest BCUT2D eigenvalue weighted by molar-refractivity contribution is 8.00. The number of aromatic nitrogens is 3. The van der Waals surface area contributed by atoms with Crippen LogP contribution >= 0.6 is 11.8 Å². The van der Waals surface area contributed by atoms with Crippen LogP contribution in [0, 0.1) is 13.8 Å². The number of ketones is 2. The molecule has 0 saturated heterocycles. The van der Waals surface area contributed by atoms with Crippen molar-refractivity contribution in [3.63, 3.8) is 0 Å². The minimum Gasteiger partial charge on any atom is -0.355 e. The van der Waals surface area contributed by atoms with Crippen molar-refractivity contribution < 1.29 is 9.59 Å². The molecule has 0 saturated carbocycles. The van der Waals surface area contributed by atoms with Crippen molar-refractivity contribution in [3.05, 3.63) is 57.1 Å². The van der Waals surface area contributed by atoms with Gasteiger partial charge in [-0.25, -0.2) is 4.98 Å². The number of hydrogen-bond acceptors (Lipinski definition) is 5. The molecule has 1 aromatic carbocycles. The van der Waals surface area contributed by atoms with Gasteiger partial charge >= 0.3 is 0 Å². The lowest BCUT2D eigenvalue weighted by atomic mass is 10.0. The van der Waals surface area contributed by atoms with E-state index in [1.54, 1.807) is 37.5 Å². The Morgan fingerprint density at radius 2 is 1.93 bits per heavy atom. The van der Waals surface area contributed by atoms with E-state index in [1.165, 1.54) is 18.7 Å². The number of H-pyrrole nitrogens is 1. The maximum Gasteiger partial charge on any atom is 0.262 e. The molecule has 0 unspecified atom stereocenters. The Labute approximate surface area is 173 Å². The van der Waals surface area contributed by atoms with Crippen molar-refractivity contribution >= 4 is 34.2 Å². The van der Waals surface area contributed by atoms with Gasteiger partial charge in [0.15, 0.2) is 16.7 Å². The van der Waals surface area contributed by atoms with Crippen LogP contribution in [-0.2, 0) is 6.54 Å². The number of aryl methyl sites for hydroxylation is 1. The SMILES string of the molecule is CCCn1c(S[C@@H](C)C(=O)c2[nH]c(C)c(C(C)=O)c2C)nc2ccccc2c1=O. The number of fused-ring (bicyclic) bond motifs is 1. The molecule has 1 atom stereocenters. The van der Waals surface area contributed by atoms with Gasteiger partial charge in [0.25, 0.3) is 5.56 Å². The lowest BCUT2D eigenvalue weighted by molar-refractivity contribution is 0.0988. The molecule has 0 amide bonds. The predicted molar refractivity (Wildman–Crippen MR) is 116 cm³/mol. The Hall–Kier alpha value is -2.67. The zero-order valence-corrected chi connectivity index (χ0v) is 18.1. The molecule has 3 rings (SSSR count). The van der Waals surface area contributed by atoms with Gasteiger partial charge < -0.3 is 4.98 Å². The molecular weight excluding hydrogens is 386 g/mol. The molecule has 6 nitrogen and oxygen atoms in total. The molecule has 0 aliphatic heterocycles. The number of benzene rings is 1. The molecule has 3 aromatic rings. The Bertz CT molecular complexity index is 1160. The lowest BCUT2D eigenvalue weighted by Crippen LogP contribution is -2.25. The Morgan fingerprint density at radius 1 is 1.24 bits per heavy atom. The van der Waals surface area contributed by atoms with Crippen LogP contribution in [0.3, 0.4) is 0 Å². The number of nitrogens with zero attached hydrogens (tertiary/aromatic N) is 2. The van der Waals surface area contributed by atoms with Crippen LogP contribution < -0.4 is 5.56 Å². The van der Waals surface area contributed by atoms with Crippen molar-refractivity contribution in [2.24, 2.45) is 0 Å². The van der Waals surface area contributed by atoms with E-state index in [2.05, 4.69) is 9.97 Å². The molecule has 7 heteroatoms. The fraction of sp³-hybridized carbons (Fsp3) is 0.364. The number of aromatic amines is 1. The second-order valence-corrected chi connectivity index (χ2v) is 8.48. The number of para-hydroxylation sites is 1. The third-order valence-electron chi connectivity index (χ3n) is 4.96. The maximum atomic E-state index is 13.1. The monoisotopic (exact) mass is 411 g/mol. The molecule has 0 spiro atoms. The first kappa shape index (κ1) is 21.0. The van der Waals surface area contributed by atoms with Crippen LogP contribution in [0.15, 0.2) is 34.2 Å². The summed E-state index contributed by atoms with van der Waals surface area (Å²) in [5.41, 5.74) is 2.91. The third kappa shape index (κ3) is 3.92. The number of rotatable bonds is 7. The van der Waals surface area contributed by atoms with Crippen LogP contribution in [0.25, 0.3) is 10.9 Å². The number of nitrogens with one attached hydrogen (secondary N) is 1. The predicted octanol–water partition coefficient (Wildman–Crippen LogP) is 4.32. The number of hydrogen-bond donors (Lipinski definition) is 1. The van der Waals surface area contributed by atoms with Gasteiger partial charge in [-0.1, -0.05) is 30.8 Å². The average molecular weight is 412 g/mol. The molecule has 1 N–H and O–H groups in total. The quantitative estimate of drug-likeness (QED) is 0.356. The summed E-state index contributed by atoms with van der Waals surface area (Å²) in [5.74, 6) is -0.183. The highest BCUT2D eigenvalue weighted by Crippen LogP contribution is 2.27. The van der Waals surface area contributed by atoms with Crippen LogP contribution in [0.2, 0.25) is 0 Å². The highest BCUT2D eigenvalue weighted by Gasteiger charge is 2.25. The van der Waals surface area contributed by atoms with Gasteiger partial charge in [-0.05, 0) is 51.8 Å². The molecule has 152 valence electrons. The zero-order chi connectivity index (χ0) is 21.3. The average Bonchev–Trinajstić information content (AvgIpc) is 2.98. The molecule has 0 radical (unpaired) electrons. The van der Waals surface area contributed by atoms with Crippen molar-refractivity contribution in [3.8, 4) is 0 Å². The largest absolute Gasteiger partial charge is 0.355 e. The van der Waals surface area contributed by atoms with Crippen LogP contribution in [-0.4, -0.2) is 31.4 Å². The Morgan fingerprint density at radius 3 is 2.55 bits per heavy atom. The second-order valence-electron chi connectivity index (χ2n) is 7.17. The fourth-order valence-corrected chi connectivity index (χ4v) is 4.59. The van der Waals surface area contributed by atoms with Gasteiger partial charge in [0, 0.05) is 17.8 Å². The first-order chi connectivity index (χ1) is 13.8. The van der Waals surface area contributed by atoms with E-state index in [4.69, 9.17) is 0 Å². The number of carbonyl (C=O) groups is 2. The zero-order valence-electron chi connectivity index (χ0n) is 17.3. The van der Waals surface area contributed by atoms with E-state index >= 15 is 0 Å². The van der Waals surface area contributed by atoms with E-state index in [1.807, 2.05) is 19.1 Å².